The summed E-state index contributed by atoms with van der Waals surface area (Å²) in [6, 6.07) is 3.46. The third kappa shape index (κ3) is 16.5. The maximum Gasteiger partial charge on any atom is 0.226 e. The minimum absolute atomic E-state index is 0.00696. The minimum Gasteiger partial charge on any atom is -0.508 e. The van der Waals surface area contributed by atoms with Crippen molar-refractivity contribution < 1.29 is 43.5 Å². The average molecular weight is 936 g/mol. The molecule has 3 aliphatic carbocycles. The molecule has 0 radical (unpaired) electrons. The predicted octanol–water partition coefficient (Wildman–Crippen LogP) is 1.72. The van der Waals surface area contributed by atoms with E-state index in [1.165, 1.54) is 19.1 Å². The van der Waals surface area contributed by atoms with Crippen molar-refractivity contribution in [2.75, 3.05) is 13.1 Å². The number of carbonyl (C=O) groups is 8. The van der Waals surface area contributed by atoms with Gasteiger partial charge < -0.3 is 53.4 Å². The van der Waals surface area contributed by atoms with E-state index in [1.807, 2.05) is 27.7 Å². The maximum absolute atomic E-state index is 14.0. The Morgan fingerprint density at radius 3 is 1.51 bits per heavy atom. The largest absolute Gasteiger partial charge is 0.508 e. The lowest BCUT2D eigenvalue weighted by Crippen LogP contribution is -2.52. The van der Waals surface area contributed by atoms with E-state index in [1.54, 1.807) is 12.1 Å². The molecule has 372 valence electrons. The number of carbonyl (C=O) groups excluding carboxylic acids is 8. The molecular weight excluding hydrogens is 859 g/mol. The Labute approximate surface area is 395 Å². The maximum atomic E-state index is 14.0. The molecule has 18 nitrogen and oxygen atoms in total. The number of phenols is 1. The van der Waals surface area contributed by atoms with Crippen LogP contribution in [0.4, 0.5) is 0 Å². The van der Waals surface area contributed by atoms with Gasteiger partial charge in [-0.3, -0.25) is 38.4 Å². The van der Waals surface area contributed by atoms with Crippen LogP contribution in [0.2, 0.25) is 0 Å². The molecule has 4 aliphatic rings. The highest BCUT2D eigenvalue weighted by atomic mass is 16.3. The van der Waals surface area contributed by atoms with Crippen LogP contribution in [-0.2, 0) is 44.8 Å². The second-order valence-electron chi connectivity index (χ2n) is 20.5. The van der Waals surface area contributed by atoms with E-state index in [9.17, 15) is 43.5 Å². The molecule has 0 aromatic heterocycles. The standard InChI is InChI=1S/C49H77N9O9/c1-27(2)19-31(53-46(64)35-9-6-12-39(35)52-29(5)59)23-44(62)56-40-13-7-10-36(40)48(66)58-41-14-8-11-37(41)47(65)54-32(20-28(3)4)24-45(63)57-42-26-51-25-38(42)49(67)55-33(22-43(50)61)21-30-15-17-34(60)18-16-30/h15-18,27-28,31-33,35-42,51,60H,6-14,19-26H2,1-5H3,(H2,50,61)(H,52,59)(H,53,64)(H,54,65)(H,55,67)(H,56,62)(H,57,63)(H,58,66)/t31-,32-,33-,35?,36?,37?,38?,39?,40?,41?,42?/m0/s1. The van der Waals surface area contributed by atoms with Crippen LogP contribution in [0.15, 0.2) is 24.3 Å². The van der Waals surface area contributed by atoms with Crippen molar-refractivity contribution in [2.45, 2.75) is 173 Å². The van der Waals surface area contributed by atoms with Gasteiger partial charge in [0, 0.05) is 75.5 Å². The number of amides is 8. The summed E-state index contributed by atoms with van der Waals surface area (Å²) in [5.74, 6) is -3.67. The Morgan fingerprint density at radius 2 is 1.01 bits per heavy atom. The summed E-state index contributed by atoms with van der Waals surface area (Å²) in [7, 11) is 0. The van der Waals surface area contributed by atoms with Gasteiger partial charge in [-0.15, -0.1) is 0 Å². The highest BCUT2D eigenvalue weighted by molar-refractivity contribution is 5.87. The molecule has 0 bridgehead atoms. The van der Waals surface area contributed by atoms with Gasteiger partial charge >= 0.3 is 0 Å². The average Bonchev–Trinajstić information content (AvgIpc) is 4.06. The van der Waals surface area contributed by atoms with Gasteiger partial charge in [-0.05, 0) is 87.3 Å². The molecule has 11 atom stereocenters. The topological polar surface area (TPSA) is 279 Å². The Hall–Kier alpha value is -5.26. The molecule has 1 aromatic carbocycles. The molecule has 3 saturated carbocycles. The second-order valence-corrected chi connectivity index (χ2v) is 20.5. The Balaban J connectivity index is 1.12. The fraction of sp³-hybridized carbons (Fsp3) is 0.714. The van der Waals surface area contributed by atoms with Crippen LogP contribution in [0, 0.1) is 35.5 Å². The molecule has 8 unspecified atom stereocenters. The zero-order valence-electron chi connectivity index (χ0n) is 40.1. The van der Waals surface area contributed by atoms with Crippen LogP contribution in [0.25, 0.3) is 0 Å². The summed E-state index contributed by atoms with van der Waals surface area (Å²) in [6.45, 7) is 10.2. The summed E-state index contributed by atoms with van der Waals surface area (Å²) >= 11 is 0. The van der Waals surface area contributed by atoms with Crippen molar-refractivity contribution in [3.8, 4) is 5.75 Å². The first-order chi connectivity index (χ1) is 31.8. The van der Waals surface area contributed by atoms with E-state index in [2.05, 4.69) is 42.5 Å². The second kappa shape index (κ2) is 25.2. The van der Waals surface area contributed by atoms with E-state index in [-0.39, 0.29) is 96.2 Å². The van der Waals surface area contributed by atoms with Crippen LogP contribution in [-0.4, -0.2) is 108 Å². The lowest BCUT2D eigenvalue weighted by Gasteiger charge is -2.28. The first-order valence-corrected chi connectivity index (χ1v) is 24.7. The van der Waals surface area contributed by atoms with Crippen molar-refractivity contribution in [3.63, 3.8) is 0 Å². The van der Waals surface area contributed by atoms with E-state index < -0.39 is 53.9 Å². The van der Waals surface area contributed by atoms with Gasteiger partial charge in [0.05, 0.1) is 29.7 Å². The minimum atomic E-state index is -0.616. The predicted molar refractivity (Wildman–Crippen MR) is 251 cm³/mol. The molecule has 1 aliphatic heterocycles. The van der Waals surface area contributed by atoms with Gasteiger partial charge in [0.2, 0.25) is 47.3 Å². The van der Waals surface area contributed by atoms with Crippen molar-refractivity contribution in [3.05, 3.63) is 29.8 Å². The van der Waals surface area contributed by atoms with Crippen molar-refractivity contribution in [1.82, 2.24) is 42.5 Å². The fourth-order valence-corrected chi connectivity index (χ4v) is 10.8. The summed E-state index contributed by atoms with van der Waals surface area (Å²) < 4.78 is 0. The summed E-state index contributed by atoms with van der Waals surface area (Å²) in [4.78, 5) is 105. The SMILES string of the molecule is CC(=O)NC1CCCC1C(=O)N[C@H](CC(=O)NC1CCCC1C(=O)NC1CCCC1C(=O)N[C@H](CC(=O)NC1CNCC1C(=O)N[C@H](CC(N)=O)Cc1ccc(O)cc1)CC(C)C)CC(C)C. The fourth-order valence-electron chi connectivity index (χ4n) is 10.8. The van der Waals surface area contributed by atoms with Crippen LogP contribution in [0.1, 0.15) is 130 Å². The number of aromatic hydroxyl groups is 1. The van der Waals surface area contributed by atoms with Crippen LogP contribution in [0.3, 0.4) is 0 Å². The molecule has 11 N–H and O–H groups in total. The first-order valence-electron chi connectivity index (χ1n) is 24.7. The molecule has 1 saturated heterocycles. The normalized spacial score (nSPS) is 26.0. The van der Waals surface area contributed by atoms with Gasteiger partial charge in [-0.1, -0.05) is 59.1 Å². The van der Waals surface area contributed by atoms with Gasteiger partial charge in [0.25, 0.3) is 0 Å². The first kappa shape index (κ1) is 52.7. The van der Waals surface area contributed by atoms with Crippen LogP contribution in [0.5, 0.6) is 5.75 Å². The quantitative estimate of drug-likeness (QED) is 0.0759. The number of hydrogen-bond acceptors (Lipinski definition) is 10. The van der Waals surface area contributed by atoms with E-state index in [4.69, 9.17) is 5.73 Å². The Morgan fingerprint density at radius 1 is 0.567 bits per heavy atom. The monoisotopic (exact) mass is 936 g/mol. The molecule has 1 heterocycles. The number of hydrogen-bond donors (Lipinski definition) is 10. The number of benzene rings is 1. The molecule has 5 rings (SSSR count). The number of primary amides is 1. The number of nitrogens with two attached hydrogens (primary N) is 1. The zero-order valence-corrected chi connectivity index (χ0v) is 40.1. The number of nitrogens with one attached hydrogen (secondary N) is 8. The van der Waals surface area contributed by atoms with Crippen molar-refractivity contribution in [2.24, 2.45) is 41.2 Å². The Kier molecular flexibility index (Phi) is 19.8. The Bertz CT molecular complexity index is 1890. The van der Waals surface area contributed by atoms with E-state index >= 15 is 0 Å². The van der Waals surface area contributed by atoms with Crippen molar-refractivity contribution in [1.29, 1.82) is 0 Å². The lowest BCUT2D eigenvalue weighted by molar-refractivity contribution is -0.130. The lowest BCUT2D eigenvalue weighted by atomic mass is 9.95. The molecule has 67 heavy (non-hydrogen) atoms. The van der Waals surface area contributed by atoms with Gasteiger partial charge in [-0.25, -0.2) is 0 Å². The van der Waals surface area contributed by atoms with Crippen LogP contribution >= 0.6 is 0 Å². The van der Waals surface area contributed by atoms with E-state index in [0.29, 0.717) is 64.5 Å². The zero-order chi connectivity index (χ0) is 48.8. The molecule has 1 aromatic rings. The van der Waals surface area contributed by atoms with Crippen LogP contribution < -0.4 is 48.3 Å². The van der Waals surface area contributed by atoms with Gasteiger partial charge in [-0.2, -0.15) is 0 Å². The van der Waals surface area contributed by atoms with Gasteiger partial charge in [0.1, 0.15) is 5.75 Å². The third-order valence-electron chi connectivity index (χ3n) is 13.8. The smallest absolute Gasteiger partial charge is 0.226 e. The number of rotatable bonds is 23. The summed E-state index contributed by atoms with van der Waals surface area (Å²) in [6.07, 6.45) is 7.61. The van der Waals surface area contributed by atoms with Crippen molar-refractivity contribution >= 4 is 47.3 Å². The molecule has 18 heteroatoms. The third-order valence-corrected chi connectivity index (χ3v) is 13.8. The molecule has 8 amide bonds. The molecular formula is C49H77N9O9. The van der Waals surface area contributed by atoms with E-state index in [0.717, 1.165) is 31.2 Å². The highest BCUT2D eigenvalue weighted by Gasteiger charge is 2.41. The molecule has 0 spiro atoms. The summed E-state index contributed by atoms with van der Waals surface area (Å²) in [5.41, 5.74) is 6.31. The molecule has 4 fully saturated rings. The van der Waals surface area contributed by atoms with Gasteiger partial charge in [0.15, 0.2) is 0 Å². The highest BCUT2D eigenvalue weighted by Crippen LogP contribution is 2.31. The number of phenolic OH excluding ortho intramolecular Hbond substituents is 1. The summed E-state index contributed by atoms with van der Waals surface area (Å²) in [5, 5.41) is 34.1.